The Kier molecular flexibility index (Phi) is 6.49. The molecule has 0 spiro atoms. The van der Waals surface area contributed by atoms with Gasteiger partial charge in [-0.25, -0.2) is 17.5 Å². The predicted molar refractivity (Wildman–Crippen MR) is 113 cm³/mol. The van der Waals surface area contributed by atoms with Crippen molar-refractivity contribution in [1.82, 2.24) is 4.72 Å². The van der Waals surface area contributed by atoms with E-state index in [1.165, 1.54) is 25.2 Å². The van der Waals surface area contributed by atoms with E-state index in [0.29, 0.717) is 22.6 Å². The molecular weight excluding hydrogens is 407 g/mol. The van der Waals surface area contributed by atoms with E-state index >= 15 is 0 Å². The predicted octanol–water partition coefficient (Wildman–Crippen LogP) is 3.87. The first-order valence-corrected chi connectivity index (χ1v) is 10.6. The molecule has 0 aliphatic rings. The normalized spacial score (nSPS) is 11.2. The summed E-state index contributed by atoms with van der Waals surface area (Å²) in [6.45, 7) is 1.91. The number of nitrogens with one attached hydrogen (secondary N) is 2. The average Bonchev–Trinajstić information content (AvgIpc) is 2.74. The van der Waals surface area contributed by atoms with Crippen LogP contribution in [0.3, 0.4) is 0 Å². The maximum absolute atomic E-state index is 13.0. The van der Waals surface area contributed by atoms with Gasteiger partial charge in [0.1, 0.15) is 18.2 Å². The summed E-state index contributed by atoms with van der Waals surface area (Å²) < 4.78 is 45.2. The summed E-state index contributed by atoms with van der Waals surface area (Å²) in [5.74, 6) is -0.243. The van der Waals surface area contributed by atoms with Gasteiger partial charge in [0.05, 0.1) is 4.90 Å². The van der Waals surface area contributed by atoms with Crippen LogP contribution in [0.25, 0.3) is 0 Å². The van der Waals surface area contributed by atoms with Crippen molar-refractivity contribution in [3.63, 3.8) is 0 Å². The number of aryl methyl sites for hydroxylation is 1. The van der Waals surface area contributed by atoms with E-state index in [1.54, 1.807) is 55.5 Å². The van der Waals surface area contributed by atoms with E-state index < -0.39 is 15.9 Å². The molecule has 0 atom stereocenters. The van der Waals surface area contributed by atoms with Crippen LogP contribution in [0.2, 0.25) is 0 Å². The van der Waals surface area contributed by atoms with Gasteiger partial charge in [0, 0.05) is 11.3 Å². The van der Waals surface area contributed by atoms with Crippen LogP contribution in [0.4, 0.5) is 10.1 Å². The molecule has 0 bridgehead atoms. The summed E-state index contributed by atoms with van der Waals surface area (Å²) in [5, 5.41) is 2.70. The topological polar surface area (TPSA) is 84.5 Å². The highest BCUT2D eigenvalue weighted by Crippen LogP contribution is 2.21. The number of rotatable bonds is 7. The van der Waals surface area contributed by atoms with Crippen molar-refractivity contribution < 1.29 is 22.3 Å². The second-order valence-electron chi connectivity index (χ2n) is 6.58. The van der Waals surface area contributed by atoms with E-state index in [-0.39, 0.29) is 17.3 Å². The Balaban J connectivity index is 1.72. The van der Waals surface area contributed by atoms with Crippen molar-refractivity contribution in [1.29, 1.82) is 0 Å². The van der Waals surface area contributed by atoms with E-state index in [2.05, 4.69) is 10.0 Å². The lowest BCUT2D eigenvalue weighted by molar-refractivity contribution is 0.102. The molecule has 0 saturated heterocycles. The van der Waals surface area contributed by atoms with Crippen LogP contribution in [-0.4, -0.2) is 21.4 Å². The number of carbonyl (C=O) groups is 1. The molecule has 0 aliphatic carbocycles. The van der Waals surface area contributed by atoms with Crippen molar-refractivity contribution in [3.05, 3.63) is 89.2 Å². The first kappa shape index (κ1) is 21.5. The molecule has 0 aromatic heterocycles. The zero-order valence-corrected chi connectivity index (χ0v) is 17.3. The molecule has 3 aromatic rings. The lowest BCUT2D eigenvalue weighted by Crippen LogP contribution is -2.20. The van der Waals surface area contributed by atoms with Crippen LogP contribution in [0.5, 0.6) is 5.75 Å². The fourth-order valence-corrected chi connectivity index (χ4v) is 3.75. The number of benzene rings is 3. The van der Waals surface area contributed by atoms with E-state index in [1.807, 2.05) is 0 Å². The number of hydrogen-bond acceptors (Lipinski definition) is 4. The number of ether oxygens (including phenoxy) is 1. The molecule has 1 amide bonds. The molecule has 0 fully saturated rings. The number of anilines is 1. The molecule has 0 radical (unpaired) electrons. The second kappa shape index (κ2) is 9.06. The molecule has 0 unspecified atom stereocenters. The standard InChI is InChI=1S/C22H21FN2O4S/c1-15-6-11-19(13-21(15)30(27,28)24-2)25-22(26)17-4-3-5-20(12-17)29-14-16-7-9-18(23)10-8-16/h3-13,24H,14H2,1-2H3,(H,25,26). The third-order valence-electron chi connectivity index (χ3n) is 4.42. The van der Waals surface area contributed by atoms with Crippen molar-refractivity contribution in [3.8, 4) is 5.75 Å². The van der Waals surface area contributed by atoms with Gasteiger partial charge in [-0.3, -0.25) is 4.79 Å². The fourth-order valence-electron chi connectivity index (χ4n) is 2.76. The number of halogens is 1. The molecule has 3 aromatic carbocycles. The highest BCUT2D eigenvalue weighted by atomic mass is 32.2. The highest BCUT2D eigenvalue weighted by Gasteiger charge is 2.16. The second-order valence-corrected chi connectivity index (χ2v) is 8.44. The lowest BCUT2D eigenvalue weighted by atomic mass is 10.2. The molecular formula is C22H21FN2O4S. The summed E-state index contributed by atoms with van der Waals surface area (Å²) in [6.07, 6.45) is 0. The largest absolute Gasteiger partial charge is 0.489 e. The zero-order valence-electron chi connectivity index (χ0n) is 16.5. The molecule has 0 heterocycles. The summed E-state index contributed by atoms with van der Waals surface area (Å²) in [5.41, 5.74) is 2.07. The molecule has 2 N–H and O–H groups in total. The third kappa shape index (κ3) is 5.22. The van der Waals surface area contributed by atoms with Crippen molar-refractivity contribution >= 4 is 21.6 Å². The number of amides is 1. The van der Waals surface area contributed by atoms with E-state index in [9.17, 15) is 17.6 Å². The summed E-state index contributed by atoms with van der Waals surface area (Å²) >= 11 is 0. The average molecular weight is 428 g/mol. The zero-order chi connectivity index (χ0) is 21.7. The Morgan fingerprint density at radius 1 is 1.03 bits per heavy atom. The molecule has 0 aliphatic heterocycles. The Bertz CT molecular complexity index is 1160. The minimum atomic E-state index is -3.64. The van der Waals surface area contributed by atoms with Crippen molar-refractivity contribution in [2.45, 2.75) is 18.4 Å². The summed E-state index contributed by atoms with van der Waals surface area (Å²) in [6, 6.07) is 17.2. The molecule has 6 nitrogen and oxygen atoms in total. The maximum Gasteiger partial charge on any atom is 0.255 e. The minimum absolute atomic E-state index is 0.0965. The molecule has 156 valence electrons. The van der Waals surface area contributed by atoms with E-state index in [4.69, 9.17) is 4.74 Å². The van der Waals surface area contributed by atoms with Gasteiger partial charge < -0.3 is 10.1 Å². The van der Waals surface area contributed by atoms with Crippen LogP contribution in [0.15, 0.2) is 71.6 Å². The first-order chi connectivity index (χ1) is 14.3. The lowest BCUT2D eigenvalue weighted by Gasteiger charge is -2.11. The quantitative estimate of drug-likeness (QED) is 0.598. The Labute approximate surface area is 174 Å². The van der Waals surface area contributed by atoms with Crippen LogP contribution in [0.1, 0.15) is 21.5 Å². The number of sulfonamides is 1. The highest BCUT2D eigenvalue weighted by molar-refractivity contribution is 7.89. The third-order valence-corrected chi connectivity index (χ3v) is 5.98. The fraction of sp³-hybridized carbons (Fsp3) is 0.136. The van der Waals surface area contributed by atoms with Crippen LogP contribution < -0.4 is 14.8 Å². The van der Waals surface area contributed by atoms with Crippen LogP contribution in [-0.2, 0) is 16.6 Å². The molecule has 3 rings (SSSR count). The van der Waals surface area contributed by atoms with Crippen molar-refractivity contribution in [2.24, 2.45) is 0 Å². The molecule has 8 heteroatoms. The van der Waals surface area contributed by atoms with Crippen LogP contribution in [0, 0.1) is 12.7 Å². The Morgan fingerprint density at radius 2 is 1.77 bits per heavy atom. The maximum atomic E-state index is 13.0. The van der Waals surface area contributed by atoms with Gasteiger partial charge in [-0.05, 0) is 67.6 Å². The molecule has 30 heavy (non-hydrogen) atoms. The number of hydrogen-bond donors (Lipinski definition) is 2. The van der Waals surface area contributed by atoms with Gasteiger partial charge in [-0.1, -0.05) is 24.3 Å². The minimum Gasteiger partial charge on any atom is -0.489 e. The van der Waals surface area contributed by atoms with Crippen molar-refractivity contribution in [2.75, 3.05) is 12.4 Å². The molecule has 0 saturated carbocycles. The van der Waals surface area contributed by atoms with Gasteiger partial charge in [-0.15, -0.1) is 0 Å². The smallest absolute Gasteiger partial charge is 0.255 e. The van der Waals surface area contributed by atoms with Gasteiger partial charge in [0.25, 0.3) is 5.91 Å². The Morgan fingerprint density at radius 3 is 2.47 bits per heavy atom. The van der Waals surface area contributed by atoms with Crippen LogP contribution >= 0.6 is 0 Å². The van der Waals surface area contributed by atoms with Gasteiger partial charge in [0.2, 0.25) is 10.0 Å². The van der Waals surface area contributed by atoms with Gasteiger partial charge >= 0.3 is 0 Å². The number of carbonyl (C=O) groups excluding carboxylic acids is 1. The SMILES string of the molecule is CNS(=O)(=O)c1cc(NC(=O)c2cccc(OCc3ccc(F)cc3)c2)ccc1C. The Hall–Kier alpha value is -3.23. The van der Waals surface area contributed by atoms with Gasteiger partial charge in [-0.2, -0.15) is 0 Å². The van der Waals surface area contributed by atoms with Gasteiger partial charge in [0.15, 0.2) is 0 Å². The summed E-state index contributed by atoms with van der Waals surface area (Å²) in [4.78, 5) is 12.7. The van der Waals surface area contributed by atoms with E-state index in [0.717, 1.165) is 5.56 Å². The first-order valence-electron chi connectivity index (χ1n) is 9.11. The summed E-state index contributed by atoms with van der Waals surface area (Å²) in [7, 11) is -2.31. The monoisotopic (exact) mass is 428 g/mol.